The lowest BCUT2D eigenvalue weighted by Crippen LogP contribution is -2.48. The number of nitrogens with one attached hydrogen (secondary N) is 1. The number of ether oxygens (including phenoxy) is 1. The fourth-order valence-corrected chi connectivity index (χ4v) is 5.23. The maximum Gasteiger partial charge on any atom is 0.270 e. The van der Waals surface area contributed by atoms with Crippen molar-refractivity contribution < 1.29 is 19.1 Å². The third-order valence-corrected chi connectivity index (χ3v) is 6.48. The summed E-state index contributed by atoms with van der Waals surface area (Å²) >= 11 is 7.28. The molecule has 2 aromatic rings. The van der Waals surface area contributed by atoms with Gasteiger partial charge in [-0.1, -0.05) is 29.8 Å². The molecule has 1 unspecified atom stereocenters. The summed E-state index contributed by atoms with van der Waals surface area (Å²) in [5, 5.41) is 8.55. The molecule has 32 heavy (non-hydrogen) atoms. The van der Waals surface area contributed by atoms with Crippen LogP contribution in [0.5, 0.6) is 5.75 Å². The summed E-state index contributed by atoms with van der Waals surface area (Å²) in [6.45, 7) is 3.47. The molecule has 1 spiro atoms. The Morgan fingerprint density at radius 2 is 1.94 bits per heavy atom. The van der Waals surface area contributed by atoms with Crippen molar-refractivity contribution in [1.29, 1.82) is 0 Å². The van der Waals surface area contributed by atoms with Crippen molar-refractivity contribution in [3.63, 3.8) is 0 Å². The van der Waals surface area contributed by atoms with Crippen LogP contribution < -0.4 is 15.0 Å². The van der Waals surface area contributed by atoms with Gasteiger partial charge in [0.05, 0.1) is 12.3 Å². The quantitative estimate of drug-likeness (QED) is 0.674. The second-order valence-electron chi connectivity index (χ2n) is 7.30. The number of rotatable bonds is 5. The highest BCUT2D eigenvalue weighted by Crippen LogP contribution is 2.54. The van der Waals surface area contributed by atoms with Gasteiger partial charge in [0.15, 0.2) is 5.17 Å². The van der Waals surface area contributed by atoms with E-state index in [1.165, 1.54) is 13.8 Å². The van der Waals surface area contributed by atoms with E-state index in [1.807, 2.05) is 30.3 Å². The summed E-state index contributed by atoms with van der Waals surface area (Å²) in [6.07, 6.45) is 0.572. The highest BCUT2D eigenvalue weighted by atomic mass is 35.5. The van der Waals surface area contributed by atoms with E-state index in [0.717, 1.165) is 22.5 Å². The second kappa shape index (κ2) is 8.84. The Morgan fingerprint density at radius 1 is 1.19 bits per heavy atom. The highest BCUT2D eigenvalue weighted by Gasteiger charge is 2.61. The number of hydrogen-bond acceptors (Lipinski definition) is 6. The number of thioether (sulfide) groups is 1. The minimum absolute atomic E-state index is 0.182. The smallest absolute Gasteiger partial charge is 0.270 e. The molecule has 2 aliphatic rings. The largest absolute Gasteiger partial charge is 0.494 e. The highest BCUT2D eigenvalue weighted by molar-refractivity contribution is 8.15. The molecule has 2 aromatic carbocycles. The SMILES string of the molecule is CC(=O)NC1=NN(C(C)=O)C2(S1)C(=O)N(CCCOc1ccccc1)c1ccc(Cl)cc12. The van der Waals surface area contributed by atoms with Gasteiger partial charge >= 0.3 is 0 Å². The fraction of sp³-hybridized carbons (Fsp3) is 0.273. The molecular formula is C22H21ClN4O4S. The van der Waals surface area contributed by atoms with E-state index in [0.29, 0.717) is 35.8 Å². The van der Waals surface area contributed by atoms with Gasteiger partial charge in [-0.15, -0.1) is 5.10 Å². The van der Waals surface area contributed by atoms with Crippen LogP contribution >= 0.6 is 23.4 Å². The van der Waals surface area contributed by atoms with Gasteiger partial charge in [-0.2, -0.15) is 5.01 Å². The molecule has 2 aliphatic heterocycles. The summed E-state index contributed by atoms with van der Waals surface area (Å²) in [6, 6.07) is 14.6. The number of benzene rings is 2. The molecule has 0 saturated carbocycles. The molecule has 0 radical (unpaired) electrons. The Bertz CT molecular complexity index is 1110. The van der Waals surface area contributed by atoms with Gasteiger partial charge < -0.3 is 15.0 Å². The number of hydrazone groups is 1. The number of para-hydroxylation sites is 1. The van der Waals surface area contributed by atoms with Gasteiger partial charge in [-0.25, -0.2) is 0 Å². The first kappa shape index (κ1) is 22.2. The van der Waals surface area contributed by atoms with Crippen molar-refractivity contribution in [3.8, 4) is 5.75 Å². The van der Waals surface area contributed by atoms with Crippen LogP contribution in [0.25, 0.3) is 0 Å². The summed E-state index contributed by atoms with van der Waals surface area (Å²) in [7, 11) is 0. The van der Waals surface area contributed by atoms with Gasteiger partial charge in [0.2, 0.25) is 16.7 Å². The first-order valence-electron chi connectivity index (χ1n) is 9.99. The number of carbonyl (C=O) groups is 3. The number of halogens is 1. The minimum atomic E-state index is -1.45. The molecule has 1 atom stereocenters. The van der Waals surface area contributed by atoms with Crippen molar-refractivity contribution in [1.82, 2.24) is 10.3 Å². The number of fused-ring (bicyclic) bond motifs is 2. The summed E-state index contributed by atoms with van der Waals surface area (Å²) < 4.78 is 5.75. The zero-order chi connectivity index (χ0) is 22.9. The zero-order valence-electron chi connectivity index (χ0n) is 17.5. The van der Waals surface area contributed by atoms with Crippen LogP contribution in [0.2, 0.25) is 5.02 Å². The van der Waals surface area contributed by atoms with E-state index in [2.05, 4.69) is 10.4 Å². The molecule has 0 saturated heterocycles. The first-order valence-corrected chi connectivity index (χ1v) is 11.2. The lowest BCUT2D eigenvalue weighted by molar-refractivity contribution is -0.139. The Morgan fingerprint density at radius 3 is 2.62 bits per heavy atom. The molecule has 166 valence electrons. The van der Waals surface area contributed by atoms with Crippen LogP contribution in [-0.2, 0) is 19.3 Å². The van der Waals surface area contributed by atoms with Crippen molar-refractivity contribution in [3.05, 3.63) is 59.1 Å². The monoisotopic (exact) mass is 472 g/mol. The predicted molar refractivity (Wildman–Crippen MR) is 123 cm³/mol. The van der Waals surface area contributed by atoms with Crippen molar-refractivity contribution >= 4 is 51.9 Å². The normalized spacial score (nSPS) is 19.2. The summed E-state index contributed by atoms with van der Waals surface area (Å²) in [5.41, 5.74) is 1.21. The van der Waals surface area contributed by atoms with Gasteiger partial charge in [0.1, 0.15) is 5.75 Å². The van der Waals surface area contributed by atoms with Crippen molar-refractivity contribution in [2.24, 2.45) is 5.10 Å². The molecular weight excluding hydrogens is 452 g/mol. The van der Waals surface area contributed by atoms with Crippen LogP contribution in [0.4, 0.5) is 5.69 Å². The van der Waals surface area contributed by atoms with E-state index in [9.17, 15) is 14.4 Å². The van der Waals surface area contributed by atoms with Gasteiger partial charge in [0.25, 0.3) is 5.91 Å². The fourth-order valence-electron chi connectivity index (χ4n) is 3.74. The Hall–Kier alpha value is -3.04. The number of nitrogens with zero attached hydrogens (tertiary/aromatic N) is 3. The molecule has 1 N–H and O–H groups in total. The number of carbonyl (C=O) groups excluding carboxylic acids is 3. The Balaban J connectivity index is 1.61. The molecule has 0 aliphatic carbocycles. The van der Waals surface area contributed by atoms with Crippen LogP contribution in [0.1, 0.15) is 25.8 Å². The lowest BCUT2D eigenvalue weighted by atomic mass is 10.1. The van der Waals surface area contributed by atoms with E-state index >= 15 is 0 Å². The van der Waals surface area contributed by atoms with E-state index < -0.39 is 10.8 Å². The number of anilines is 1. The van der Waals surface area contributed by atoms with E-state index in [4.69, 9.17) is 16.3 Å². The van der Waals surface area contributed by atoms with Crippen LogP contribution in [-0.4, -0.2) is 41.0 Å². The van der Waals surface area contributed by atoms with Gasteiger partial charge in [0, 0.05) is 31.0 Å². The molecule has 3 amide bonds. The zero-order valence-corrected chi connectivity index (χ0v) is 19.1. The Kier molecular flexibility index (Phi) is 6.12. The topological polar surface area (TPSA) is 91.3 Å². The molecule has 0 fully saturated rings. The Labute approximate surface area is 194 Å². The van der Waals surface area contributed by atoms with Crippen molar-refractivity contribution in [2.45, 2.75) is 25.1 Å². The molecule has 10 heteroatoms. The average Bonchev–Trinajstić information content (AvgIpc) is 3.23. The molecule has 2 heterocycles. The van der Waals surface area contributed by atoms with Crippen molar-refractivity contribution in [2.75, 3.05) is 18.1 Å². The maximum absolute atomic E-state index is 13.7. The maximum atomic E-state index is 13.7. The summed E-state index contributed by atoms with van der Waals surface area (Å²) in [4.78, 5) is 38.0. The lowest BCUT2D eigenvalue weighted by Gasteiger charge is -2.29. The number of amidine groups is 1. The van der Waals surface area contributed by atoms with Crippen LogP contribution in [0.15, 0.2) is 53.6 Å². The molecule has 0 bridgehead atoms. The van der Waals surface area contributed by atoms with Crippen LogP contribution in [0.3, 0.4) is 0 Å². The van der Waals surface area contributed by atoms with E-state index in [1.54, 1.807) is 23.1 Å². The standard InChI is InChI=1S/C22H21ClN4O4S/c1-14(28)24-21-25-27(15(2)29)22(32-21)18-13-16(23)9-10-19(18)26(20(22)30)11-6-12-31-17-7-4-3-5-8-17/h3-5,7-10,13H,6,11-12H2,1-2H3,(H,24,25,28). The second-order valence-corrected chi connectivity index (χ2v) is 8.91. The number of amides is 3. The third kappa shape index (κ3) is 3.93. The molecule has 8 nitrogen and oxygen atoms in total. The van der Waals surface area contributed by atoms with E-state index in [-0.39, 0.29) is 17.0 Å². The number of hydrogen-bond donors (Lipinski definition) is 1. The average molecular weight is 473 g/mol. The first-order chi connectivity index (χ1) is 15.3. The summed E-state index contributed by atoms with van der Waals surface area (Å²) in [5.74, 6) is -0.333. The van der Waals surface area contributed by atoms with Crippen LogP contribution in [0, 0.1) is 0 Å². The van der Waals surface area contributed by atoms with Gasteiger partial charge in [-0.05, 0) is 48.5 Å². The third-order valence-electron chi connectivity index (χ3n) is 5.00. The predicted octanol–water partition coefficient (Wildman–Crippen LogP) is 3.31. The minimum Gasteiger partial charge on any atom is -0.494 e. The molecule has 4 rings (SSSR count). The molecule has 0 aromatic heterocycles. The van der Waals surface area contributed by atoms with Gasteiger partial charge in [-0.3, -0.25) is 14.4 Å².